The summed E-state index contributed by atoms with van der Waals surface area (Å²) in [6.07, 6.45) is 0. The highest BCUT2D eigenvalue weighted by molar-refractivity contribution is 5.91. The van der Waals surface area contributed by atoms with Crippen LogP contribution >= 0.6 is 0 Å². The second-order valence-electron chi connectivity index (χ2n) is 4.09. The van der Waals surface area contributed by atoms with E-state index >= 15 is 0 Å². The highest BCUT2D eigenvalue weighted by Gasteiger charge is 2.17. The molecular weight excluding hydrogens is 244 g/mol. The smallest absolute Gasteiger partial charge is 0.287 e. The zero-order chi connectivity index (χ0) is 13.7. The number of aliphatic hydroxyl groups excluding tert-OH is 1. The Morgan fingerprint density at radius 3 is 2.58 bits per heavy atom. The molecule has 1 atom stereocenters. The minimum Gasteiger partial charge on any atom is -0.455 e. The van der Waals surface area contributed by atoms with Crippen LogP contribution in [0.5, 0.6) is 0 Å². The second-order valence-corrected chi connectivity index (χ2v) is 4.09. The number of amides is 1. The molecule has 0 aliphatic heterocycles. The summed E-state index contributed by atoms with van der Waals surface area (Å²) in [5, 5.41) is 12.1. The molecule has 0 saturated carbocycles. The molecule has 1 amide bonds. The van der Waals surface area contributed by atoms with E-state index in [9.17, 15) is 9.90 Å². The van der Waals surface area contributed by atoms with Gasteiger partial charge in [0, 0.05) is 0 Å². The van der Waals surface area contributed by atoms with E-state index in [1.807, 2.05) is 30.3 Å². The Hall–Kier alpha value is -2.11. The van der Waals surface area contributed by atoms with Crippen molar-refractivity contribution in [3.8, 4) is 0 Å². The second kappa shape index (κ2) is 6.17. The van der Waals surface area contributed by atoms with E-state index in [1.54, 1.807) is 12.1 Å². The fraction of sp³-hybridized carbons (Fsp3) is 0.214. The van der Waals surface area contributed by atoms with Crippen molar-refractivity contribution in [3.63, 3.8) is 0 Å². The maximum atomic E-state index is 12.0. The molecule has 0 aliphatic rings. The Kier molecular flexibility index (Phi) is 4.33. The number of nitrogens with two attached hydrogens (primary N) is 1. The van der Waals surface area contributed by atoms with Crippen molar-refractivity contribution in [2.75, 3.05) is 6.61 Å². The molecule has 1 aromatic carbocycles. The van der Waals surface area contributed by atoms with Crippen LogP contribution in [-0.2, 0) is 6.54 Å². The molecule has 2 aromatic rings. The van der Waals surface area contributed by atoms with Crippen molar-refractivity contribution in [3.05, 3.63) is 59.5 Å². The maximum absolute atomic E-state index is 12.0. The van der Waals surface area contributed by atoms with Gasteiger partial charge in [-0.25, -0.2) is 0 Å². The third-order valence-electron chi connectivity index (χ3n) is 2.78. The average Bonchev–Trinajstić information content (AvgIpc) is 2.94. The number of furan rings is 1. The van der Waals surface area contributed by atoms with Gasteiger partial charge in [-0.15, -0.1) is 0 Å². The zero-order valence-electron chi connectivity index (χ0n) is 10.4. The van der Waals surface area contributed by atoms with Gasteiger partial charge < -0.3 is 20.6 Å². The molecule has 0 bridgehead atoms. The summed E-state index contributed by atoms with van der Waals surface area (Å²) in [5.41, 5.74) is 6.25. The SMILES string of the molecule is NCc1ccc(C(=O)N[C@H](CO)c2ccccc2)o1. The van der Waals surface area contributed by atoms with E-state index in [0.29, 0.717) is 5.76 Å². The molecule has 2 rings (SSSR count). The Balaban J connectivity index is 2.08. The minimum absolute atomic E-state index is 0.180. The van der Waals surface area contributed by atoms with Crippen molar-refractivity contribution in [1.82, 2.24) is 5.32 Å². The molecule has 1 aromatic heterocycles. The van der Waals surface area contributed by atoms with Crippen LogP contribution in [0, 0.1) is 0 Å². The van der Waals surface area contributed by atoms with Crippen molar-refractivity contribution in [1.29, 1.82) is 0 Å². The topological polar surface area (TPSA) is 88.5 Å². The quantitative estimate of drug-likeness (QED) is 0.753. The number of carbonyl (C=O) groups is 1. The number of aliphatic hydroxyl groups is 1. The lowest BCUT2D eigenvalue weighted by Crippen LogP contribution is -2.30. The van der Waals surface area contributed by atoms with E-state index in [-0.39, 0.29) is 24.8 Å². The molecule has 0 aliphatic carbocycles. The molecule has 5 heteroatoms. The van der Waals surface area contributed by atoms with E-state index in [4.69, 9.17) is 10.2 Å². The van der Waals surface area contributed by atoms with E-state index in [2.05, 4.69) is 5.32 Å². The van der Waals surface area contributed by atoms with E-state index in [0.717, 1.165) is 5.56 Å². The van der Waals surface area contributed by atoms with Gasteiger partial charge in [0.25, 0.3) is 5.91 Å². The number of hydrogen-bond acceptors (Lipinski definition) is 4. The molecular formula is C14H16N2O3. The lowest BCUT2D eigenvalue weighted by molar-refractivity contribution is 0.0886. The normalized spacial score (nSPS) is 12.1. The van der Waals surface area contributed by atoms with Crippen LogP contribution in [0.15, 0.2) is 46.9 Å². The van der Waals surface area contributed by atoms with Crippen LogP contribution in [-0.4, -0.2) is 17.6 Å². The van der Waals surface area contributed by atoms with Gasteiger partial charge in [-0.2, -0.15) is 0 Å². The van der Waals surface area contributed by atoms with Crippen molar-refractivity contribution >= 4 is 5.91 Å². The molecule has 1 heterocycles. The van der Waals surface area contributed by atoms with E-state index < -0.39 is 6.04 Å². The first-order valence-corrected chi connectivity index (χ1v) is 6.00. The molecule has 0 saturated heterocycles. The summed E-state index contributed by atoms with van der Waals surface area (Å²) in [6.45, 7) is 0.0651. The van der Waals surface area contributed by atoms with Gasteiger partial charge in [0.15, 0.2) is 5.76 Å². The maximum Gasteiger partial charge on any atom is 0.287 e. The van der Waals surface area contributed by atoms with Crippen LogP contribution in [0.4, 0.5) is 0 Å². The van der Waals surface area contributed by atoms with Crippen molar-refractivity contribution in [2.24, 2.45) is 5.73 Å². The van der Waals surface area contributed by atoms with Gasteiger partial charge in [0.2, 0.25) is 0 Å². The van der Waals surface area contributed by atoms with Crippen molar-refractivity contribution < 1.29 is 14.3 Å². The number of nitrogens with one attached hydrogen (secondary N) is 1. The van der Waals surface area contributed by atoms with Crippen LogP contribution < -0.4 is 11.1 Å². The number of rotatable bonds is 5. The number of hydrogen-bond donors (Lipinski definition) is 3. The monoisotopic (exact) mass is 260 g/mol. The number of benzene rings is 1. The Labute approximate surface area is 111 Å². The summed E-state index contributed by atoms with van der Waals surface area (Å²) in [6, 6.07) is 12.0. The van der Waals surface area contributed by atoms with Crippen molar-refractivity contribution in [2.45, 2.75) is 12.6 Å². The number of carbonyl (C=O) groups excluding carboxylic acids is 1. The fourth-order valence-corrected chi connectivity index (χ4v) is 1.76. The zero-order valence-corrected chi connectivity index (χ0v) is 10.4. The van der Waals surface area contributed by atoms with Gasteiger partial charge in [0.1, 0.15) is 5.76 Å². The van der Waals surface area contributed by atoms with Gasteiger partial charge in [0.05, 0.1) is 19.2 Å². The highest BCUT2D eigenvalue weighted by Crippen LogP contribution is 2.14. The summed E-state index contributed by atoms with van der Waals surface area (Å²) < 4.78 is 5.26. The Morgan fingerprint density at radius 1 is 1.26 bits per heavy atom. The molecule has 5 nitrogen and oxygen atoms in total. The molecule has 0 spiro atoms. The lowest BCUT2D eigenvalue weighted by Gasteiger charge is -2.15. The predicted molar refractivity (Wildman–Crippen MR) is 70.3 cm³/mol. The Morgan fingerprint density at radius 2 is 2.00 bits per heavy atom. The molecule has 19 heavy (non-hydrogen) atoms. The lowest BCUT2D eigenvalue weighted by atomic mass is 10.1. The molecule has 0 fully saturated rings. The molecule has 0 radical (unpaired) electrons. The highest BCUT2D eigenvalue weighted by atomic mass is 16.4. The summed E-state index contributed by atoms with van der Waals surface area (Å²) in [5.74, 6) is 0.364. The first kappa shape index (κ1) is 13.3. The van der Waals surface area contributed by atoms with Crippen LogP contribution in [0.25, 0.3) is 0 Å². The van der Waals surface area contributed by atoms with Gasteiger partial charge >= 0.3 is 0 Å². The van der Waals surface area contributed by atoms with Gasteiger partial charge in [-0.3, -0.25) is 4.79 Å². The predicted octanol–water partition coefficient (Wildman–Crippen LogP) is 1.20. The standard InChI is InChI=1S/C14H16N2O3/c15-8-11-6-7-13(19-11)14(18)16-12(9-17)10-4-2-1-3-5-10/h1-7,12,17H,8-9,15H2,(H,16,18)/t12-/m1/s1. The first-order chi connectivity index (χ1) is 9.24. The van der Waals surface area contributed by atoms with Crippen LogP contribution in [0.3, 0.4) is 0 Å². The van der Waals surface area contributed by atoms with Crippen LogP contribution in [0.2, 0.25) is 0 Å². The Bertz CT molecular complexity index is 537. The fourth-order valence-electron chi connectivity index (χ4n) is 1.76. The molecule has 4 N–H and O–H groups in total. The first-order valence-electron chi connectivity index (χ1n) is 6.00. The minimum atomic E-state index is -0.458. The molecule has 100 valence electrons. The summed E-state index contributed by atoms with van der Waals surface area (Å²) >= 11 is 0. The van der Waals surface area contributed by atoms with Crippen LogP contribution in [0.1, 0.15) is 27.9 Å². The summed E-state index contributed by atoms with van der Waals surface area (Å²) in [4.78, 5) is 12.0. The third-order valence-corrected chi connectivity index (χ3v) is 2.78. The van der Waals surface area contributed by atoms with Gasteiger partial charge in [-0.1, -0.05) is 30.3 Å². The average molecular weight is 260 g/mol. The summed E-state index contributed by atoms with van der Waals surface area (Å²) in [7, 11) is 0. The van der Waals surface area contributed by atoms with E-state index in [1.165, 1.54) is 0 Å². The third kappa shape index (κ3) is 3.21. The largest absolute Gasteiger partial charge is 0.455 e. The van der Waals surface area contributed by atoms with Gasteiger partial charge in [-0.05, 0) is 17.7 Å². The molecule has 0 unspecified atom stereocenters.